The van der Waals surface area contributed by atoms with E-state index in [1.165, 1.54) is 14.0 Å². The normalized spacial score (nSPS) is 12.6. The van der Waals surface area contributed by atoms with Crippen molar-refractivity contribution in [3.8, 4) is 11.1 Å². The Morgan fingerprint density at radius 2 is 1.53 bits per heavy atom. The number of halogens is 3. The van der Waals surface area contributed by atoms with E-state index in [9.17, 15) is 22.5 Å². The SMILES string of the molecule is COC(=O)c1cc([B-](F)(F)F)cc(N(C)C(=O)OCC2c3ccccc3-c3ccccc32)c1C. The Balaban J connectivity index is 1.61. The Kier molecular flexibility index (Phi) is 6.12. The lowest BCUT2D eigenvalue weighted by atomic mass is 9.78. The molecule has 0 bridgehead atoms. The molecule has 4 rings (SSSR count). The van der Waals surface area contributed by atoms with Gasteiger partial charge in [-0.2, -0.15) is 0 Å². The smallest absolute Gasteiger partial charge is 0.465 e. The van der Waals surface area contributed by atoms with Crippen molar-refractivity contribution in [2.45, 2.75) is 12.8 Å². The lowest BCUT2D eigenvalue weighted by molar-refractivity contribution is 0.0600. The molecule has 0 aliphatic heterocycles. The average molecular weight is 468 g/mol. The van der Waals surface area contributed by atoms with Crippen molar-refractivity contribution in [2.24, 2.45) is 0 Å². The van der Waals surface area contributed by atoms with E-state index in [1.807, 2.05) is 48.5 Å². The second-order valence-electron chi connectivity index (χ2n) is 8.14. The lowest BCUT2D eigenvalue weighted by Gasteiger charge is -2.25. The minimum absolute atomic E-state index is 0.0169. The zero-order valence-electron chi connectivity index (χ0n) is 18.8. The number of nitrogens with zero attached hydrogens (tertiary/aromatic N) is 1. The van der Waals surface area contributed by atoms with Gasteiger partial charge < -0.3 is 22.4 Å². The summed E-state index contributed by atoms with van der Waals surface area (Å²) in [5.74, 6) is -1.11. The maximum atomic E-state index is 13.5. The van der Waals surface area contributed by atoms with Crippen LogP contribution in [0.3, 0.4) is 0 Å². The number of hydrogen-bond acceptors (Lipinski definition) is 4. The monoisotopic (exact) mass is 468 g/mol. The fourth-order valence-corrected chi connectivity index (χ4v) is 4.37. The van der Waals surface area contributed by atoms with Gasteiger partial charge in [0.2, 0.25) is 0 Å². The van der Waals surface area contributed by atoms with E-state index in [2.05, 4.69) is 4.74 Å². The maximum Gasteiger partial charge on any atom is 0.509 e. The number of amides is 1. The summed E-state index contributed by atoms with van der Waals surface area (Å²) in [5.41, 5.74) is 3.01. The molecular formula is C25H22BF3NO4-. The molecule has 0 saturated carbocycles. The first-order chi connectivity index (χ1) is 16.1. The molecule has 0 fully saturated rings. The molecule has 0 unspecified atom stereocenters. The van der Waals surface area contributed by atoms with Gasteiger partial charge >= 0.3 is 19.0 Å². The molecule has 0 spiro atoms. The van der Waals surface area contributed by atoms with Crippen LogP contribution in [0.15, 0.2) is 60.7 Å². The number of fused-ring (bicyclic) bond motifs is 3. The Bertz CT molecular complexity index is 1230. The Morgan fingerprint density at radius 1 is 0.971 bits per heavy atom. The first-order valence-corrected chi connectivity index (χ1v) is 10.6. The van der Waals surface area contributed by atoms with Gasteiger partial charge in [0.1, 0.15) is 6.61 Å². The largest absolute Gasteiger partial charge is 0.509 e. The zero-order chi connectivity index (χ0) is 24.6. The van der Waals surface area contributed by atoms with Crippen LogP contribution in [0, 0.1) is 6.92 Å². The van der Waals surface area contributed by atoms with Crippen LogP contribution in [0.1, 0.15) is 33.0 Å². The summed E-state index contributed by atoms with van der Waals surface area (Å²) in [5, 5.41) is 0. The Labute approximate surface area is 195 Å². The molecule has 0 atom stereocenters. The van der Waals surface area contributed by atoms with Crippen LogP contribution in [0.2, 0.25) is 0 Å². The third-order valence-corrected chi connectivity index (χ3v) is 6.16. The molecule has 5 nitrogen and oxygen atoms in total. The van der Waals surface area contributed by atoms with Crippen molar-refractivity contribution in [1.29, 1.82) is 0 Å². The van der Waals surface area contributed by atoms with Crippen molar-refractivity contribution < 1.29 is 32.0 Å². The fraction of sp³-hybridized carbons (Fsp3) is 0.200. The summed E-state index contributed by atoms with van der Waals surface area (Å²) in [6.07, 6.45) is -0.826. The highest BCUT2D eigenvalue weighted by Gasteiger charge is 2.32. The highest BCUT2D eigenvalue weighted by Crippen LogP contribution is 2.44. The molecule has 3 aromatic carbocycles. The Hall–Kier alpha value is -3.75. The summed E-state index contributed by atoms with van der Waals surface area (Å²) in [6, 6.07) is 17.2. The number of methoxy groups -OCH3 is 1. The second kappa shape index (κ2) is 8.89. The van der Waals surface area contributed by atoms with Crippen LogP contribution in [-0.4, -0.2) is 39.8 Å². The van der Waals surface area contributed by atoms with E-state index in [4.69, 9.17) is 4.74 Å². The molecule has 1 aliphatic rings. The van der Waals surface area contributed by atoms with Crippen LogP contribution in [0.25, 0.3) is 11.1 Å². The van der Waals surface area contributed by atoms with Crippen LogP contribution >= 0.6 is 0 Å². The van der Waals surface area contributed by atoms with Gasteiger partial charge in [-0.1, -0.05) is 60.7 Å². The molecule has 0 heterocycles. The van der Waals surface area contributed by atoms with Crippen LogP contribution in [0.5, 0.6) is 0 Å². The van der Waals surface area contributed by atoms with Crippen molar-refractivity contribution in [1.82, 2.24) is 0 Å². The van der Waals surface area contributed by atoms with E-state index < -0.39 is 24.5 Å². The molecular weight excluding hydrogens is 446 g/mol. The molecule has 3 aromatic rings. The number of hydrogen-bond donors (Lipinski definition) is 0. The van der Waals surface area contributed by atoms with E-state index in [-0.39, 0.29) is 29.3 Å². The molecule has 0 saturated heterocycles. The summed E-state index contributed by atoms with van der Waals surface area (Å²) < 4.78 is 50.7. The predicted octanol–water partition coefficient (Wildman–Crippen LogP) is 5.22. The number of carbonyl (C=O) groups excluding carboxylic acids is 2. The third kappa shape index (κ3) is 4.13. The van der Waals surface area contributed by atoms with Crippen molar-refractivity contribution in [3.05, 3.63) is 82.9 Å². The standard InChI is InChI=1S/C25H22BF3NO4/c1-15-21(24(31)33-3)12-16(26(27,28)29)13-23(15)30(2)25(32)34-14-22-19-10-6-4-8-17(19)18-9-5-7-11-20(18)22/h4-13,22H,14H2,1-3H3/q-1. The molecule has 9 heteroatoms. The topological polar surface area (TPSA) is 55.8 Å². The zero-order valence-corrected chi connectivity index (χ0v) is 18.8. The number of carbonyl (C=O) groups is 2. The van der Waals surface area contributed by atoms with Crippen LogP contribution in [0.4, 0.5) is 23.4 Å². The quantitative estimate of drug-likeness (QED) is 0.381. The van der Waals surface area contributed by atoms with Crippen LogP contribution < -0.4 is 10.4 Å². The van der Waals surface area contributed by atoms with Gasteiger partial charge in [0.15, 0.2) is 0 Å². The molecule has 0 N–H and O–H groups in total. The molecule has 0 radical (unpaired) electrons. The fourth-order valence-electron chi connectivity index (χ4n) is 4.37. The summed E-state index contributed by atoms with van der Waals surface area (Å²) >= 11 is 0. The minimum atomic E-state index is -5.41. The molecule has 176 valence electrons. The van der Waals surface area contributed by atoms with E-state index in [1.54, 1.807) is 0 Å². The van der Waals surface area contributed by atoms with Gasteiger partial charge in [-0.15, -0.1) is 5.46 Å². The summed E-state index contributed by atoms with van der Waals surface area (Å²) in [4.78, 5) is 26.0. The highest BCUT2D eigenvalue weighted by atomic mass is 19.4. The molecule has 1 amide bonds. The average Bonchev–Trinajstić information content (AvgIpc) is 3.14. The molecule has 1 aliphatic carbocycles. The summed E-state index contributed by atoms with van der Waals surface area (Å²) in [7, 11) is 2.40. The van der Waals surface area contributed by atoms with Crippen molar-refractivity contribution in [2.75, 3.05) is 25.7 Å². The molecule has 34 heavy (non-hydrogen) atoms. The third-order valence-electron chi connectivity index (χ3n) is 6.16. The van der Waals surface area contributed by atoms with E-state index in [0.29, 0.717) is 0 Å². The number of ether oxygens (including phenoxy) is 2. The minimum Gasteiger partial charge on any atom is -0.465 e. The van der Waals surface area contributed by atoms with Crippen LogP contribution in [-0.2, 0) is 9.47 Å². The maximum absolute atomic E-state index is 13.5. The summed E-state index contributed by atoms with van der Waals surface area (Å²) in [6.45, 7) is -3.93. The van der Waals surface area contributed by atoms with Gasteiger partial charge in [-0.25, -0.2) is 9.59 Å². The van der Waals surface area contributed by atoms with Gasteiger partial charge in [0, 0.05) is 18.7 Å². The van der Waals surface area contributed by atoms with E-state index in [0.717, 1.165) is 46.4 Å². The van der Waals surface area contributed by atoms with Gasteiger partial charge in [-0.05, 0) is 34.7 Å². The lowest BCUT2D eigenvalue weighted by Crippen LogP contribution is -2.37. The second-order valence-corrected chi connectivity index (χ2v) is 8.14. The first-order valence-electron chi connectivity index (χ1n) is 10.6. The van der Waals surface area contributed by atoms with Crippen molar-refractivity contribution in [3.63, 3.8) is 0 Å². The van der Waals surface area contributed by atoms with E-state index >= 15 is 0 Å². The molecule has 0 aromatic heterocycles. The van der Waals surface area contributed by atoms with Gasteiger partial charge in [-0.3, -0.25) is 4.90 Å². The van der Waals surface area contributed by atoms with Gasteiger partial charge in [0.25, 0.3) is 0 Å². The number of anilines is 1. The first kappa shape index (κ1) is 23.4. The highest BCUT2D eigenvalue weighted by molar-refractivity contribution is 6.73. The van der Waals surface area contributed by atoms with Crippen molar-refractivity contribution >= 4 is 30.2 Å². The number of benzene rings is 3. The number of esters is 1. The predicted molar refractivity (Wildman–Crippen MR) is 125 cm³/mol. The van der Waals surface area contributed by atoms with Gasteiger partial charge in [0.05, 0.1) is 12.7 Å². The Morgan fingerprint density at radius 3 is 2.06 bits per heavy atom. The number of rotatable bonds is 5.